The standard InChI is InChI=1S/C27H37B/c1-6-7-21-8-10-23(11-9-21)25-16-18-26(19-17-25)24-14-12-22(13-15-24)20(2)27(3,4)28-5/h12-19,21,23,28H,2,6-11H2,1,3-5H3. The molecule has 148 valence electrons. The van der Waals surface area contributed by atoms with Crippen molar-refractivity contribution in [1.29, 1.82) is 0 Å². The lowest BCUT2D eigenvalue weighted by Crippen LogP contribution is -2.13. The molecule has 1 saturated carbocycles. The minimum absolute atomic E-state index is 0.152. The van der Waals surface area contributed by atoms with Gasteiger partial charge < -0.3 is 0 Å². The zero-order chi connectivity index (χ0) is 20.1. The molecule has 0 aromatic heterocycles. The first kappa shape index (κ1) is 21.0. The molecule has 1 heteroatoms. The Labute approximate surface area is 173 Å². The molecule has 1 aliphatic rings. The van der Waals surface area contributed by atoms with Crippen LogP contribution in [0.1, 0.15) is 76.3 Å². The maximum atomic E-state index is 4.35. The lowest BCUT2D eigenvalue weighted by molar-refractivity contribution is 0.308. The molecule has 0 amide bonds. The van der Waals surface area contributed by atoms with Crippen LogP contribution in [0.15, 0.2) is 55.1 Å². The number of rotatable bonds is 7. The van der Waals surface area contributed by atoms with Crippen molar-refractivity contribution in [2.75, 3.05) is 0 Å². The van der Waals surface area contributed by atoms with Crippen molar-refractivity contribution < 1.29 is 0 Å². The van der Waals surface area contributed by atoms with Gasteiger partial charge in [0.25, 0.3) is 0 Å². The van der Waals surface area contributed by atoms with Crippen LogP contribution >= 0.6 is 0 Å². The van der Waals surface area contributed by atoms with Crippen LogP contribution in [0.5, 0.6) is 0 Å². The summed E-state index contributed by atoms with van der Waals surface area (Å²) in [5.41, 5.74) is 6.64. The Morgan fingerprint density at radius 2 is 1.46 bits per heavy atom. The smallest absolute Gasteiger partial charge is 0.0954 e. The van der Waals surface area contributed by atoms with Gasteiger partial charge in [-0.2, -0.15) is 0 Å². The normalized spacial score (nSPS) is 20.0. The summed E-state index contributed by atoms with van der Waals surface area (Å²) >= 11 is 0. The fraction of sp³-hybridized carbons (Fsp3) is 0.481. The van der Waals surface area contributed by atoms with Crippen LogP contribution in [-0.4, -0.2) is 7.28 Å². The van der Waals surface area contributed by atoms with E-state index in [2.05, 4.69) is 82.7 Å². The largest absolute Gasteiger partial charge is 0.129 e. The highest BCUT2D eigenvalue weighted by atomic mass is 14.3. The van der Waals surface area contributed by atoms with Gasteiger partial charge in [0.1, 0.15) is 7.28 Å². The third-order valence-corrected chi connectivity index (χ3v) is 7.19. The van der Waals surface area contributed by atoms with E-state index in [4.69, 9.17) is 0 Å². The monoisotopic (exact) mass is 372 g/mol. The molecule has 1 aliphatic carbocycles. The molecule has 0 N–H and O–H groups in total. The highest BCUT2D eigenvalue weighted by molar-refractivity contribution is 6.42. The summed E-state index contributed by atoms with van der Waals surface area (Å²) in [5, 5.41) is 0.152. The Morgan fingerprint density at radius 3 is 1.96 bits per heavy atom. The van der Waals surface area contributed by atoms with Crippen molar-refractivity contribution in [1.82, 2.24) is 0 Å². The number of allylic oxidation sites excluding steroid dienone is 1. The van der Waals surface area contributed by atoms with Crippen LogP contribution in [-0.2, 0) is 0 Å². The molecule has 2 aromatic carbocycles. The molecular formula is C27H37B. The molecule has 0 nitrogen and oxygen atoms in total. The second kappa shape index (κ2) is 9.16. The van der Waals surface area contributed by atoms with E-state index < -0.39 is 0 Å². The van der Waals surface area contributed by atoms with Crippen LogP contribution in [0, 0.1) is 5.92 Å². The van der Waals surface area contributed by atoms with Crippen LogP contribution < -0.4 is 0 Å². The molecule has 28 heavy (non-hydrogen) atoms. The number of benzene rings is 2. The molecule has 0 unspecified atom stereocenters. The summed E-state index contributed by atoms with van der Waals surface area (Å²) in [4.78, 5) is 0. The molecule has 1 fully saturated rings. The molecule has 3 rings (SSSR count). The van der Waals surface area contributed by atoms with Gasteiger partial charge in [-0.1, -0.05) is 95.5 Å². The fourth-order valence-corrected chi connectivity index (χ4v) is 4.61. The summed E-state index contributed by atoms with van der Waals surface area (Å²) in [6, 6.07) is 18.3. The van der Waals surface area contributed by atoms with Crippen molar-refractivity contribution in [3.8, 4) is 11.1 Å². The third kappa shape index (κ3) is 4.80. The van der Waals surface area contributed by atoms with E-state index in [9.17, 15) is 0 Å². The van der Waals surface area contributed by atoms with E-state index in [1.54, 1.807) is 0 Å². The van der Waals surface area contributed by atoms with Gasteiger partial charge in [0.15, 0.2) is 0 Å². The van der Waals surface area contributed by atoms with Gasteiger partial charge in [-0.3, -0.25) is 0 Å². The molecule has 0 aliphatic heterocycles. The maximum absolute atomic E-state index is 4.35. The van der Waals surface area contributed by atoms with Gasteiger partial charge in [0.05, 0.1) is 0 Å². The van der Waals surface area contributed by atoms with E-state index in [0.717, 1.165) is 19.1 Å². The first-order chi connectivity index (χ1) is 13.4. The van der Waals surface area contributed by atoms with Crippen molar-refractivity contribution in [2.24, 2.45) is 5.92 Å². The third-order valence-electron chi connectivity index (χ3n) is 7.19. The van der Waals surface area contributed by atoms with Crippen molar-refractivity contribution in [3.05, 3.63) is 66.2 Å². The first-order valence-electron chi connectivity index (χ1n) is 11.3. The Kier molecular flexibility index (Phi) is 6.86. The van der Waals surface area contributed by atoms with E-state index in [1.165, 1.54) is 66.4 Å². The van der Waals surface area contributed by atoms with E-state index in [0.29, 0.717) is 0 Å². The Morgan fingerprint density at radius 1 is 0.929 bits per heavy atom. The predicted octanol–water partition coefficient (Wildman–Crippen LogP) is 8.12. The summed E-state index contributed by atoms with van der Waals surface area (Å²) in [6.07, 6.45) is 8.33. The van der Waals surface area contributed by atoms with E-state index in [-0.39, 0.29) is 5.31 Å². The molecule has 0 spiro atoms. The summed E-state index contributed by atoms with van der Waals surface area (Å²) in [5.74, 6) is 1.75. The van der Waals surface area contributed by atoms with Crippen LogP contribution in [0.25, 0.3) is 16.7 Å². The molecule has 0 atom stereocenters. The van der Waals surface area contributed by atoms with Crippen molar-refractivity contribution in [3.63, 3.8) is 0 Å². The molecule has 0 heterocycles. The minimum Gasteiger partial charge on any atom is -0.0954 e. The molecule has 0 saturated heterocycles. The average molecular weight is 372 g/mol. The van der Waals surface area contributed by atoms with Gasteiger partial charge in [-0.25, -0.2) is 0 Å². The molecule has 0 radical (unpaired) electrons. The average Bonchev–Trinajstić information content (AvgIpc) is 2.74. The lowest BCUT2D eigenvalue weighted by atomic mass is 9.52. The quantitative estimate of drug-likeness (QED) is 0.430. The predicted molar refractivity (Wildman–Crippen MR) is 128 cm³/mol. The Balaban J connectivity index is 1.66. The second-order valence-corrected chi connectivity index (χ2v) is 9.42. The summed E-state index contributed by atoms with van der Waals surface area (Å²) in [6.45, 7) is 13.5. The topological polar surface area (TPSA) is 0 Å². The molecule has 0 bridgehead atoms. The van der Waals surface area contributed by atoms with Crippen molar-refractivity contribution in [2.45, 2.75) is 77.4 Å². The maximum Gasteiger partial charge on any atom is 0.129 e. The fourth-order valence-electron chi connectivity index (χ4n) is 4.61. The Hall–Kier alpha value is -1.76. The zero-order valence-electron chi connectivity index (χ0n) is 18.4. The highest BCUT2D eigenvalue weighted by Gasteiger charge is 2.22. The summed E-state index contributed by atoms with van der Waals surface area (Å²) in [7, 11) is 1.11. The highest BCUT2D eigenvalue weighted by Crippen LogP contribution is 2.40. The summed E-state index contributed by atoms with van der Waals surface area (Å²) < 4.78 is 0. The van der Waals surface area contributed by atoms with Gasteiger partial charge in [0.2, 0.25) is 0 Å². The SMILES string of the molecule is C=C(c1ccc(-c2ccc(C3CCC(CCC)CC3)cc2)cc1)C(C)(C)BC. The van der Waals surface area contributed by atoms with Gasteiger partial charge in [0, 0.05) is 0 Å². The van der Waals surface area contributed by atoms with Crippen molar-refractivity contribution >= 4 is 12.9 Å². The van der Waals surface area contributed by atoms with Gasteiger partial charge in [-0.05, 0) is 70.7 Å². The number of hydrogen-bond donors (Lipinski definition) is 0. The van der Waals surface area contributed by atoms with E-state index >= 15 is 0 Å². The van der Waals surface area contributed by atoms with Gasteiger partial charge in [-0.15, -0.1) is 0 Å². The molecule has 2 aromatic rings. The van der Waals surface area contributed by atoms with Gasteiger partial charge >= 0.3 is 0 Å². The van der Waals surface area contributed by atoms with Crippen LogP contribution in [0.2, 0.25) is 12.1 Å². The lowest BCUT2D eigenvalue weighted by Gasteiger charge is -2.28. The Bertz CT molecular complexity index is 759. The van der Waals surface area contributed by atoms with Crippen LogP contribution in [0.3, 0.4) is 0 Å². The second-order valence-electron chi connectivity index (χ2n) is 9.42. The van der Waals surface area contributed by atoms with E-state index in [1.807, 2.05) is 0 Å². The zero-order valence-corrected chi connectivity index (χ0v) is 18.4. The van der Waals surface area contributed by atoms with Crippen LogP contribution in [0.4, 0.5) is 0 Å². The first-order valence-corrected chi connectivity index (χ1v) is 11.3. The number of hydrogen-bond acceptors (Lipinski definition) is 0. The minimum atomic E-state index is 0.152. The molecular weight excluding hydrogens is 335 g/mol.